The van der Waals surface area contributed by atoms with Crippen LogP contribution >= 0.6 is 11.6 Å². The molecule has 0 aromatic carbocycles. The van der Waals surface area contributed by atoms with Crippen LogP contribution in [0, 0.1) is 5.92 Å². The molecule has 72 valence electrons. The zero-order valence-corrected chi connectivity index (χ0v) is 8.37. The van der Waals surface area contributed by atoms with Crippen LogP contribution in [-0.2, 0) is 12.4 Å². The topological polar surface area (TPSA) is 30.7 Å². The Morgan fingerprint density at radius 1 is 1.46 bits per heavy atom. The predicted octanol–water partition coefficient (Wildman–Crippen LogP) is 2.21. The molecule has 3 nitrogen and oxygen atoms in total. The lowest BCUT2D eigenvalue weighted by Crippen LogP contribution is -2.09. The Morgan fingerprint density at radius 3 is 2.92 bits per heavy atom. The second-order valence-corrected chi connectivity index (χ2v) is 3.95. The zero-order valence-electron chi connectivity index (χ0n) is 7.62. The smallest absolute Gasteiger partial charge is 0.147 e. The fourth-order valence-corrected chi connectivity index (χ4v) is 2.21. The highest BCUT2D eigenvalue weighted by Crippen LogP contribution is 2.26. The third-order valence-corrected chi connectivity index (χ3v) is 2.98. The van der Waals surface area contributed by atoms with Crippen molar-refractivity contribution < 1.29 is 0 Å². The fraction of sp³-hybridized carbons (Fsp3) is 0.778. The Labute approximate surface area is 83.1 Å². The lowest BCUT2D eigenvalue weighted by molar-refractivity contribution is 0.450. The van der Waals surface area contributed by atoms with Crippen molar-refractivity contribution in [3.8, 4) is 0 Å². The third-order valence-electron chi connectivity index (χ3n) is 2.74. The Bertz CT molecular complexity index is 266. The minimum Gasteiger partial charge on any atom is -0.316 e. The van der Waals surface area contributed by atoms with Gasteiger partial charge in [-0.25, -0.2) is 0 Å². The van der Waals surface area contributed by atoms with E-state index in [1.807, 2.05) is 0 Å². The van der Waals surface area contributed by atoms with Gasteiger partial charge in [0.15, 0.2) is 0 Å². The summed E-state index contributed by atoms with van der Waals surface area (Å²) in [5.41, 5.74) is 0. The van der Waals surface area contributed by atoms with Gasteiger partial charge in [0.2, 0.25) is 0 Å². The Morgan fingerprint density at radius 2 is 2.23 bits per heavy atom. The van der Waals surface area contributed by atoms with Crippen LogP contribution in [0.3, 0.4) is 0 Å². The summed E-state index contributed by atoms with van der Waals surface area (Å²) in [6.45, 7) is 1.05. The van der Waals surface area contributed by atoms with Crippen molar-refractivity contribution in [2.75, 3.05) is 0 Å². The second kappa shape index (κ2) is 4.09. The standard InChI is InChI=1S/C9H14ClN3/c10-5-9-12-11-7-13(9)6-8-3-1-2-4-8/h7-8H,1-6H2. The van der Waals surface area contributed by atoms with Crippen molar-refractivity contribution in [2.24, 2.45) is 5.92 Å². The highest BCUT2D eigenvalue weighted by atomic mass is 35.5. The van der Waals surface area contributed by atoms with Crippen molar-refractivity contribution in [1.29, 1.82) is 0 Å². The summed E-state index contributed by atoms with van der Waals surface area (Å²) in [4.78, 5) is 0. The molecule has 0 amide bonds. The number of aromatic nitrogens is 3. The van der Waals surface area contributed by atoms with Gasteiger partial charge in [-0.3, -0.25) is 0 Å². The molecule has 0 spiro atoms. The molecule has 0 atom stereocenters. The number of hydrogen-bond acceptors (Lipinski definition) is 2. The molecule has 0 unspecified atom stereocenters. The summed E-state index contributed by atoms with van der Waals surface area (Å²) >= 11 is 5.74. The third kappa shape index (κ3) is 2.02. The maximum Gasteiger partial charge on any atom is 0.147 e. The average Bonchev–Trinajstić information content (AvgIpc) is 2.76. The largest absolute Gasteiger partial charge is 0.316 e. The van der Waals surface area contributed by atoms with Crippen LogP contribution in [0.25, 0.3) is 0 Å². The van der Waals surface area contributed by atoms with Gasteiger partial charge in [-0.1, -0.05) is 12.8 Å². The van der Waals surface area contributed by atoms with Crippen LogP contribution in [0.15, 0.2) is 6.33 Å². The van der Waals surface area contributed by atoms with E-state index in [1.54, 1.807) is 6.33 Å². The molecule has 1 aliphatic carbocycles. The molecule has 2 rings (SSSR count). The SMILES string of the molecule is ClCc1nncn1CC1CCCC1. The van der Waals surface area contributed by atoms with Gasteiger partial charge in [0.05, 0.1) is 5.88 Å². The van der Waals surface area contributed by atoms with Crippen LogP contribution in [0.5, 0.6) is 0 Å². The van der Waals surface area contributed by atoms with Crippen molar-refractivity contribution in [1.82, 2.24) is 14.8 Å². The highest BCUT2D eigenvalue weighted by molar-refractivity contribution is 6.16. The summed E-state index contributed by atoms with van der Waals surface area (Å²) in [5, 5.41) is 7.82. The summed E-state index contributed by atoms with van der Waals surface area (Å²) in [6.07, 6.45) is 7.24. The molecule has 0 aliphatic heterocycles. The first-order valence-electron chi connectivity index (χ1n) is 4.83. The molecule has 0 saturated heterocycles. The quantitative estimate of drug-likeness (QED) is 0.699. The lowest BCUT2D eigenvalue weighted by Gasteiger charge is -2.10. The first kappa shape index (κ1) is 9.00. The van der Waals surface area contributed by atoms with E-state index < -0.39 is 0 Å². The van der Waals surface area contributed by atoms with E-state index in [1.165, 1.54) is 25.7 Å². The molecule has 1 heterocycles. The Hall–Kier alpha value is -0.570. The summed E-state index contributed by atoms with van der Waals surface area (Å²) in [6, 6.07) is 0. The van der Waals surface area contributed by atoms with E-state index in [4.69, 9.17) is 11.6 Å². The monoisotopic (exact) mass is 199 g/mol. The van der Waals surface area contributed by atoms with E-state index in [9.17, 15) is 0 Å². The van der Waals surface area contributed by atoms with Crippen LogP contribution in [0.4, 0.5) is 0 Å². The molecule has 0 N–H and O–H groups in total. The van der Waals surface area contributed by atoms with Gasteiger partial charge in [0.1, 0.15) is 12.2 Å². The molecular formula is C9H14ClN3. The van der Waals surface area contributed by atoms with Gasteiger partial charge in [-0.2, -0.15) is 0 Å². The normalized spacial score (nSPS) is 18.2. The predicted molar refractivity (Wildman–Crippen MR) is 51.5 cm³/mol. The number of halogens is 1. The molecular weight excluding hydrogens is 186 g/mol. The first-order chi connectivity index (χ1) is 6.40. The molecule has 1 aromatic rings. The Balaban J connectivity index is 1.99. The van der Waals surface area contributed by atoms with Gasteiger partial charge in [0, 0.05) is 6.54 Å². The van der Waals surface area contributed by atoms with Crippen LogP contribution in [0.1, 0.15) is 31.5 Å². The van der Waals surface area contributed by atoms with Crippen molar-refractivity contribution >= 4 is 11.6 Å². The minimum atomic E-state index is 0.465. The van der Waals surface area contributed by atoms with E-state index in [0.29, 0.717) is 5.88 Å². The summed E-state index contributed by atoms with van der Waals surface area (Å²) in [7, 11) is 0. The molecule has 13 heavy (non-hydrogen) atoms. The van der Waals surface area contributed by atoms with Gasteiger partial charge in [-0.05, 0) is 18.8 Å². The van der Waals surface area contributed by atoms with Crippen LogP contribution < -0.4 is 0 Å². The fourth-order valence-electron chi connectivity index (χ4n) is 2.01. The van der Waals surface area contributed by atoms with E-state index in [2.05, 4.69) is 14.8 Å². The number of hydrogen-bond donors (Lipinski definition) is 0. The number of nitrogens with zero attached hydrogens (tertiary/aromatic N) is 3. The summed E-state index contributed by atoms with van der Waals surface area (Å²) in [5.74, 6) is 2.18. The second-order valence-electron chi connectivity index (χ2n) is 3.68. The van der Waals surface area contributed by atoms with Gasteiger partial charge < -0.3 is 4.57 Å². The average molecular weight is 200 g/mol. The zero-order chi connectivity index (χ0) is 9.10. The summed E-state index contributed by atoms with van der Waals surface area (Å²) < 4.78 is 2.09. The molecule has 1 fully saturated rings. The molecule has 0 radical (unpaired) electrons. The van der Waals surface area contributed by atoms with Crippen LogP contribution in [-0.4, -0.2) is 14.8 Å². The molecule has 4 heteroatoms. The van der Waals surface area contributed by atoms with Gasteiger partial charge in [-0.15, -0.1) is 21.8 Å². The maximum absolute atomic E-state index is 5.74. The molecule has 1 aromatic heterocycles. The maximum atomic E-state index is 5.74. The number of alkyl halides is 1. The first-order valence-corrected chi connectivity index (χ1v) is 5.36. The molecule has 0 bridgehead atoms. The lowest BCUT2D eigenvalue weighted by atomic mass is 10.1. The molecule has 1 aliphatic rings. The van der Waals surface area contributed by atoms with E-state index >= 15 is 0 Å². The van der Waals surface area contributed by atoms with Crippen molar-refractivity contribution in [3.63, 3.8) is 0 Å². The number of rotatable bonds is 3. The van der Waals surface area contributed by atoms with E-state index in [0.717, 1.165) is 18.3 Å². The van der Waals surface area contributed by atoms with Crippen molar-refractivity contribution in [2.45, 2.75) is 38.1 Å². The highest BCUT2D eigenvalue weighted by Gasteiger charge is 2.16. The van der Waals surface area contributed by atoms with Gasteiger partial charge in [0.25, 0.3) is 0 Å². The minimum absolute atomic E-state index is 0.465. The van der Waals surface area contributed by atoms with Gasteiger partial charge >= 0.3 is 0 Å². The molecule has 1 saturated carbocycles. The van der Waals surface area contributed by atoms with E-state index in [-0.39, 0.29) is 0 Å². The van der Waals surface area contributed by atoms with Crippen molar-refractivity contribution in [3.05, 3.63) is 12.2 Å². The van der Waals surface area contributed by atoms with Crippen LogP contribution in [0.2, 0.25) is 0 Å². The Kier molecular flexibility index (Phi) is 2.83.